The van der Waals surface area contributed by atoms with Gasteiger partial charge in [0.25, 0.3) is 0 Å². The molecular formula is C24H24FNO2. The third-order valence-corrected chi connectivity index (χ3v) is 4.73. The quantitative estimate of drug-likeness (QED) is 0.639. The first-order chi connectivity index (χ1) is 13.6. The van der Waals surface area contributed by atoms with Crippen molar-refractivity contribution in [3.05, 3.63) is 101 Å². The molecule has 1 amide bonds. The van der Waals surface area contributed by atoms with Gasteiger partial charge in [0.1, 0.15) is 11.6 Å². The van der Waals surface area contributed by atoms with Crippen molar-refractivity contribution in [1.29, 1.82) is 0 Å². The molecule has 0 heterocycles. The van der Waals surface area contributed by atoms with Crippen LogP contribution in [0.5, 0.6) is 5.75 Å². The molecule has 0 fully saturated rings. The molecule has 0 aliphatic heterocycles. The standard InChI is InChI=1S/C24H24FNO2/c1-3-17-7-11-19(12-8-17)24(20-5-4-6-21(25)16-20)26-23(27)15-18-9-13-22(28-2)14-10-18/h4-14,16,24H,3,15H2,1-2H3,(H,26,27). The molecule has 3 nitrogen and oxygen atoms in total. The van der Waals surface area contributed by atoms with Crippen LogP contribution in [0.15, 0.2) is 72.8 Å². The van der Waals surface area contributed by atoms with E-state index in [4.69, 9.17) is 4.74 Å². The summed E-state index contributed by atoms with van der Waals surface area (Å²) in [6.07, 6.45) is 1.18. The van der Waals surface area contributed by atoms with E-state index in [1.807, 2.05) is 54.6 Å². The van der Waals surface area contributed by atoms with Crippen molar-refractivity contribution in [3.8, 4) is 5.75 Å². The summed E-state index contributed by atoms with van der Waals surface area (Å²) in [5, 5.41) is 3.05. The minimum atomic E-state index is -0.410. The molecule has 0 aliphatic carbocycles. The Morgan fingerprint density at radius 3 is 2.25 bits per heavy atom. The minimum absolute atomic E-state index is 0.126. The zero-order valence-electron chi connectivity index (χ0n) is 16.1. The molecule has 3 aromatic rings. The number of nitrogens with one attached hydrogen (secondary N) is 1. The maximum atomic E-state index is 13.8. The number of hydrogen-bond donors (Lipinski definition) is 1. The van der Waals surface area contributed by atoms with Crippen LogP contribution in [-0.4, -0.2) is 13.0 Å². The van der Waals surface area contributed by atoms with Crippen molar-refractivity contribution in [2.24, 2.45) is 0 Å². The monoisotopic (exact) mass is 377 g/mol. The molecule has 0 saturated carbocycles. The Bertz CT molecular complexity index is 920. The SMILES string of the molecule is CCc1ccc(C(NC(=O)Cc2ccc(OC)cc2)c2cccc(F)c2)cc1. The van der Waals surface area contributed by atoms with E-state index in [-0.39, 0.29) is 18.1 Å². The Morgan fingerprint density at radius 1 is 0.964 bits per heavy atom. The lowest BCUT2D eigenvalue weighted by Crippen LogP contribution is -2.30. The summed E-state index contributed by atoms with van der Waals surface area (Å²) in [6.45, 7) is 2.09. The number of hydrogen-bond acceptors (Lipinski definition) is 2. The second-order valence-corrected chi connectivity index (χ2v) is 6.68. The Kier molecular flexibility index (Phi) is 6.43. The number of aryl methyl sites for hydroxylation is 1. The Morgan fingerprint density at radius 2 is 1.64 bits per heavy atom. The van der Waals surface area contributed by atoms with Crippen LogP contribution in [-0.2, 0) is 17.6 Å². The van der Waals surface area contributed by atoms with E-state index >= 15 is 0 Å². The molecule has 1 unspecified atom stereocenters. The van der Waals surface area contributed by atoms with Crippen molar-refractivity contribution in [2.75, 3.05) is 7.11 Å². The molecule has 0 saturated heterocycles. The van der Waals surface area contributed by atoms with E-state index in [9.17, 15) is 9.18 Å². The van der Waals surface area contributed by atoms with Gasteiger partial charge >= 0.3 is 0 Å². The van der Waals surface area contributed by atoms with E-state index in [0.717, 1.165) is 23.3 Å². The van der Waals surface area contributed by atoms with Gasteiger partial charge in [0, 0.05) is 0 Å². The lowest BCUT2D eigenvalue weighted by atomic mass is 9.96. The van der Waals surface area contributed by atoms with E-state index < -0.39 is 6.04 Å². The average Bonchev–Trinajstić information content (AvgIpc) is 2.73. The summed E-state index contributed by atoms with van der Waals surface area (Å²) in [7, 11) is 1.61. The average molecular weight is 377 g/mol. The molecule has 0 radical (unpaired) electrons. The van der Waals surface area contributed by atoms with Crippen molar-refractivity contribution >= 4 is 5.91 Å². The molecule has 144 valence electrons. The fraction of sp³-hybridized carbons (Fsp3) is 0.208. The lowest BCUT2D eigenvalue weighted by molar-refractivity contribution is -0.120. The van der Waals surface area contributed by atoms with Crippen molar-refractivity contribution in [2.45, 2.75) is 25.8 Å². The largest absolute Gasteiger partial charge is 0.497 e. The molecule has 3 aromatic carbocycles. The molecule has 0 aromatic heterocycles. The maximum Gasteiger partial charge on any atom is 0.225 e. The highest BCUT2D eigenvalue weighted by atomic mass is 19.1. The zero-order chi connectivity index (χ0) is 19.9. The zero-order valence-corrected chi connectivity index (χ0v) is 16.1. The van der Waals surface area contributed by atoms with Gasteiger partial charge in [0.05, 0.1) is 19.6 Å². The highest BCUT2D eigenvalue weighted by Crippen LogP contribution is 2.24. The number of amides is 1. The molecular weight excluding hydrogens is 353 g/mol. The van der Waals surface area contributed by atoms with Crippen LogP contribution < -0.4 is 10.1 Å². The highest BCUT2D eigenvalue weighted by molar-refractivity contribution is 5.79. The molecule has 1 N–H and O–H groups in total. The van der Waals surface area contributed by atoms with Crippen LogP contribution in [0.3, 0.4) is 0 Å². The summed E-state index contributed by atoms with van der Waals surface area (Å²) < 4.78 is 18.9. The first-order valence-corrected chi connectivity index (χ1v) is 9.35. The molecule has 0 spiro atoms. The van der Waals surface area contributed by atoms with Crippen LogP contribution in [0.1, 0.15) is 35.2 Å². The number of halogens is 1. The van der Waals surface area contributed by atoms with Gasteiger partial charge < -0.3 is 10.1 Å². The predicted molar refractivity (Wildman–Crippen MR) is 109 cm³/mol. The van der Waals surface area contributed by atoms with Crippen molar-refractivity contribution in [3.63, 3.8) is 0 Å². The molecule has 0 aliphatic rings. The molecule has 3 rings (SSSR count). The van der Waals surface area contributed by atoms with Gasteiger partial charge in [-0.1, -0.05) is 55.5 Å². The van der Waals surface area contributed by atoms with Gasteiger partial charge in [-0.3, -0.25) is 4.79 Å². The van der Waals surface area contributed by atoms with Gasteiger partial charge in [-0.2, -0.15) is 0 Å². The van der Waals surface area contributed by atoms with Crippen LogP contribution in [0.25, 0.3) is 0 Å². The van der Waals surface area contributed by atoms with Crippen LogP contribution in [0.2, 0.25) is 0 Å². The minimum Gasteiger partial charge on any atom is -0.497 e. The predicted octanol–water partition coefficient (Wildman–Crippen LogP) is 4.85. The number of carbonyl (C=O) groups is 1. The normalized spacial score (nSPS) is 11.7. The third-order valence-electron chi connectivity index (χ3n) is 4.73. The highest BCUT2D eigenvalue weighted by Gasteiger charge is 2.18. The van der Waals surface area contributed by atoms with E-state index in [1.165, 1.54) is 17.7 Å². The van der Waals surface area contributed by atoms with E-state index in [0.29, 0.717) is 5.56 Å². The topological polar surface area (TPSA) is 38.3 Å². The number of methoxy groups -OCH3 is 1. The summed E-state index contributed by atoms with van der Waals surface area (Å²) in [4.78, 5) is 12.7. The number of ether oxygens (including phenoxy) is 1. The first kappa shape index (κ1) is 19.6. The van der Waals surface area contributed by atoms with Crippen molar-refractivity contribution in [1.82, 2.24) is 5.32 Å². The fourth-order valence-electron chi connectivity index (χ4n) is 3.13. The van der Waals surface area contributed by atoms with Gasteiger partial charge in [0.2, 0.25) is 5.91 Å². The van der Waals surface area contributed by atoms with Crippen LogP contribution in [0.4, 0.5) is 4.39 Å². The molecule has 0 bridgehead atoms. The van der Waals surface area contributed by atoms with Crippen LogP contribution in [0, 0.1) is 5.82 Å². The first-order valence-electron chi connectivity index (χ1n) is 9.35. The third kappa shape index (κ3) is 4.97. The Hall–Kier alpha value is -3.14. The second kappa shape index (κ2) is 9.18. The van der Waals surface area contributed by atoms with E-state index in [2.05, 4.69) is 12.2 Å². The fourth-order valence-corrected chi connectivity index (χ4v) is 3.13. The van der Waals surface area contributed by atoms with Gasteiger partial charge in [-0.25, -0.2) is 4.39 Å². The molecule has 28 heavy (non-hydrogen) atoms. The molecule has 1 atom stereocenters. The summed E-state index contributed by atoms with van der Waals surface area (Å²) >= 11 is 0. The summed E-state index contributed by atoms with van der Waals surface area (Å²) in [6, 6.07) is 21.4. The lowest BCUT2D eigenvalue weighted by Gasteiger charge is -2.20. The number of rotatable bonds is 7. The van der Waals surface area contributed by atoms with Crippen LogP contribution >= 0.6 is 0 Å². The second-order valence-electron chi connectivity index (χ2n) is 6.68. The number of carbonyl (C=O) groups excluding carboxylic acids is 1. The van der Waals surface area contributed by atoms with Gasteiger partial charge in [0.15, 0.2) is 0 Å². The van der Waals surface area contributed by atoms with E-state index in [1.54, 1.807) is 13.2 Å². The Balaban J connectivity index is 1.82. The summed E-state index contributed by atoms with van der Waals surface area (Å²) in [5.74, 6) is 0.300. The smallest absolute Gasteiger partial charge is 0.225 e. The van der Waals surface area contributed by atoms with Gasteiger partial charge in [-0.15, -0.1) is 0 Å². The van der Waals surface area contributed by atoms with Gasteiger partial charge in [-0.05, 0) is 52.9 Å². The summed E-state index contributed by atoms with van der Waals surface area (Å²) in [5.41, 5.74) is 3.74. The molecule has 4 heteroatoms. The van der Waals surface area contributed by atoms with Crippen molar-refractivity contribution < 1.29 is 13.9 Å². The Labute approximate surface area is 165 Å². The maximum absolute atomic E-state index is 13.8. The number of benzene rings is 3.